The van der Waals surface area contributed by atoms with Crippen molar-refractivity contribution < 1.29 is 9.68 Å². The lowest BCUT2D eigenvalue weighted by Gasteiger charge is -2.11. The van der Waals surface area contributed by atoms with Crippen LogP contribution in [0.25, 0.3) is 5.70 Å². The van der Waals surface area contributed by atoms with Crippen LogP contribution in [0.1, 0.15) is 11.1 Å². The Balaban J connectivity index is 2.21. The minimum Gasteiger partial charge on any atom is -0.399 e. The van der Waals surface area contributed by atoms with E-state index in [9.17, 15) is 0 Å². The third-order valence-electron chi connectivity index (χ3n) is 2.92. The number of benzene rings is 1. The second-order valence-electron chi connectivity index (χ2n) is 4.43. The number of hydrogen-bond donors (Lipinski definition) is 3. The molecule has 2 rings (SSSR count). The van der Waals surface area contributed by atoms with E-state index >= 15 is 0 Å². The van der Waals surface area contributed by atoms with Gasteiger partial charge in [0.15, 0.2) is 0 Å². The molecule has 8 nitrogen and oxygen atoms in total. The van der Waals surface area contributed by atoms with Gasteiger partial charge < -0.3 is 15.9 Å². The first-order valence-corrected chi connectivity index (χ1v) is 6.68. The number of hydroxylamine groups is 1. The summed E-state index contributed by atoms with van der Waals surface area (Å²) in [5, 5.41) is 6.87. The molecule has 4 N–H and O–H groups in total. The summed E-state index contributed by atoms with van der Waals surface area (Å²) in [5.74, 6) is 0.831. The first-order valence-electron chi connectivity index (χ1n) is 6.68. The minimum absolute atomic E-state index is 0.303. The monoisotopic (exact) mass is 314 g/mol. The number of hydrogen-bond acceptors (Lipinski definition) is 8. The zero-order valence-corrected chi connectivity index (χ0v) is 12.9. The van der Waals surface area contributed by atoms with Gasteiger partial charge in [-0.15, -0.1) is 0 Å². The predicted molar refractivity (Wildman–Crippen MR) is 90.0 cm³/mol. The van der Waals surface area contributed by atoms with Crippen LogP contribution in [0.4, 0.5) is 17.3 Å². The van der Waals surface area contributed by atoms with Crippen molar-refractivity contribution in [3.8, 4) is 0 Å². The van der Waals surface area contributed by atoms with Crippen LogP contribution in [0, 0.1) is 0 Å². The molecule has 0 aliphatic rings. The maximum atomic E-state index is 5.84. The van der Waals surface area contributed by atoms with E-state index in [1.807, 2.05) is 24.3 Å². The molecule has 0 spiro atoms. The average molecular weight is 314 g/mol. The lowest BCUT2D eigenvalue weighted by Crippen LogP contribution is -2.08. The van der Waals surface area contributed by atoms with Gasteiger partial charge in [-0.1, -0.05) is 23.9 Å². The van der Waals surface area contributed by atoms with Crippen LogP contribution in [-0.2, 0) is 9.68 Å². The van der Waals surface area contributed by atoms with E-state index in [4.69, 9.17) is 10.6 Å². The maximum Gasteiger partial charge on any atom is 0.144 e. The van der Waals surface area contributed by atoms with Crippen molar-refractivity contribution in [1.29, 1.82) is 0 Å². The molecule has 0 fully saturated rings. The largest absolute Gasteiger partial charge is 0.399 e. The number of oxime groups is 1. The minimum atomic E-state index is 0.303. The fourth-order valence-electron chi connectivity index (χ4n) is 1.82. The zero-order valence-electron chi connectivity index (χ0n) is 12.9. The Hall–Kier alpha value is -3.13. The Labute approximate surface area is 134 Å². The topological polar surface area (TPSA) is 107 Å². The number of nitrogens with two attached hydrogens (primary N) is 1. The molecule has 0 saturated carbocycles. The summed E-state index contributed by atoms with van der Waals surface area (Å²) in [6.45, 7) is 3.86. The molecule has 0 amide bonds. The van der Waals surface area contributed by atoms with Crippen LogP contribution in [0.15, 0.2) is 42.3 Å². The molecule has 0 atom stereocenters. The number of nitrogen functional groups attached to an aromatic ring is 1. The highest BCUT2D eigenvalue weighted by Gasteiger charge is 2.08. The Morgan fingerprint density at radius 3 is 2.65 bits per heavy atom. The third-order valence-corrected chi connectivity index (χ3v) is 2.92. The summed E-state index contributed by atoms with van der Waals surface area (Å²) in [4.78, 5) is 17.6. The van der Waals surface area contributed by atoms with Gasteiger partial charge in [-0.25, -0.2) is 9.97 Å². The molecule has 1 aromatic heterocycles. The van der Waals surface area contributed by atoms with Crippen molar-refractivity contribution in [1.82, 2.24) is 15.4 Å². The Bertz CT molecular complexity index is 700. The predicted octanol–water partition coefficient (Wildman–Crippen LogP) is 1.90. The van der Waals surface area contributed by atoms with Gasteiger partial charge in [0.05, 0.1) is 24.6 Å². The fraction of sp³-hybridized carbons (Fsp3) is 0.133. The molecule has 8 heteroatoms. The molecule has 1 heterocycles. The van der Waals surface area contributed by atoms with Crippen molar-refractivity contribution in [2.24, 2.45) is 5.16 Å². The Morgan fingerprint density at radius 2 is 2.00 bits per heavy atom. The van der Waals surface area contributed by atoms with Crippen molar-refractivity contribution in [2.75, 3.05) is 25.3 Å². The molecular formula is C15H18N6O2. The highest BCUT2D eigenvalue weighted by atomic mass is 16.6. The fourth-order valence-corrected chi connectivity index (χ4v) is 1.82. The lowest BCUT2D eigenvalue weighted by atomic mass is 10.1. The highest BCUT2D eigenvalue weighted by Crippen LogP contribution is 2.21. The van der Waals surface area contributed by atoms with E-state index in [-0.39, 0.29) is 0 Å². The van der Waals surface area contributed by atoms with Crippen LogP contribution in [0.2, 0.25) is 0 Å². The van der Waals surface area contributed by atoms with E-state index in [0.29, 0.717) is 22.9 Å². The smallest absolute Gasteiger partial charge is 0.144 e. The summed E-state index contributed by atoms with van der Waals surface area (Å²) in [7, 11) is 2.98. The number of nitrogens with zero attached hydrogens (tertiary/aromatic N) is 3. The van der Waals surface area contributed by atoms with Gasteiger partial charge in [0, 0.05) is 5.69 Å². The van der Waals surface area contributed by atoms with Crippen LogP contribution >= 0.6 is 0 Å². The molecule has 23 heavy (non-hydrogen) atoms. The van der Waals surface area contributed by atoms with Crippen LogP contribution in [0.3, 0.4) is 0 Å². The van der Waals surface area contributed by atoms with Gasteiger partial charge in [-0.2, -0.15) is 0 Å². The van der Waals surface area contributed by atoms with Gasteiger partial charge in [-0.05, 0) is 17.7 Å². The van der Waals surface area contributed by atoms with E-state index in [0.717, 1.165) is 11.3 Å². The molecule has 0 radical (unpaired) electrons. The molecule has 0 aliphatic carbocycles. The van der Waals surface area contributed by atoms with Crippen molar-refractivity contribution in [2.45, 2.75) is 0 Å². The molecule has 0 saturated heterocycles. The third kappa shape index (κ3) is 4.17. The summed E-state index contributed by atoms with van der Waals surface area (Å²) >= 11 is 0. The van der Waals surface area contributed by atoms with Crippen molar-refractivity contribution >= 4 is 29.2 Å². The summed E-state index contributed by atoms with van der Waals surface area (Å²) < 4.78 is 0. The van der Waals surface area contributed by atoms with E-state index in [1.54, 1.807) is 0 Å². The van der Waals surface area contributed by atoms with E-state index in [2.05, 4.69) is 37.3 Å². The normalized spacial score (nSPS) is 10.5. The van der Waals surface area contributed by atoms with Crippen LogP contribution in [-0.4, -0.2) is 30.4 Å². The molecule has 0 bridgehead atoms. The first kappa shape index (κ1) is 16.2. The second kappa shape index (κ2) is 7.76. The van der Waals surface area contributed by atoms with Gasteiger partial charge in [0.25, 0.3) is 0 Å². The van der Waals surface area contributed by atoms with Gasteiger partial charge in [0.2, 0.25) is 0 Å². The first-order chi connectivity index (χ1) is 11.2. The van der Waals surface area contributed by atoms with E-state index < -0.39 is 0 Å². The standard InChI is InChI=1S/C15H18N6O2/c1-10(21-23-3)11-4-6-12(7-5-11)20-15-13(8-19-22-2)14(16)17-9-18-15/h4-9,21H,1H2,2-3H3,(H3,16,17,18,20)/b19-8-. The number of aromatic nitrogens is 2. The zero-order chi connectivity index (χ0) is 16.7. The van der Waals surface area contributed by atoms with Gasteiger partial charge >= 0.3 is 0 Å². The Kier molecular flexibility index (Phi) is 5.48. The van der Waals surface area contributed by atoms with Gasteiger partial charge in [-0.3, -0.25) is 10.3 Å². The summed E-state index contributed by atoms with van der Waals surface area (Å²) in [6.07, 6.45) is 2.83. The van der Waals surface area contributed by atoms with E-state index in [1.165, 1.54) is 26.8 Å². The molecule has 120 valence electrons. The second-order valence-corrected chi connectivity index (χ2v) is 4.43. The molecular weight excluding hydrogens is 296 g/mol. The van der Waals surface area contributed by atoms with Crippen LogP contribution in [0.5, 0.6) is 0 Å². The molecule has 0 aliphatic heterocycles. The molecule has 2 aromatic rings. The van der Waals surface area contributed by atoms with Gasteiger partial charge in [0.1, 0.15) is 25.1 Å². The molecule has 1 aromatic carbocycles. The van der Waals surface area contributed by atoms with Crippen molar-refractivity contribution in [3.05, 3.63) is 48.3 Å². The lowest BCUT2D eigenvalue weighted by molar-refractivity contribution is 0.137. The number of anilines is 3. The van der Waals surface area contributed by atoms with Crippen LogP contribution < -0.4 is 16.5 Å². The van der Waals surface area contributed by atoms with Crippen molar-refractivity contribution in [3.63, 3.8) is 0 Å². The molecule has 0 unspecified atom stereocenters. The highest BCUT2D eigenvalue weighted by molar-refractivity contribution is 5.92. The quantitative estimate of drug-likeness (QED) is 0.529. The maximum absolute atomic E-state index is 5.84. The number of nitrogens with one attached hydrogen (secondary N) is 2. The SMILES string of the molecule is C=C(NOC)c1ccc(Nc2ncnc(N)c2/C=N\OC)cc1. The average Bonchev–Trinajstić information content (AvgIpc) is 2.55. The Morgan fingerprint density at radius 1 is 1.26 bits per heavy atom. The number of rotatable bonds is 7. The summed E-state index contributed by atoms with van der Waals surface area (Å²) in [5.41, 5.74) is 11.5. The summed E-state index contributed by atoms with van der Waals surface area (Å²) in [6, 6.07) is 7.55.